The molecule has 1 aliphatic rings. The predicted octanol–water partition coefficient (Wildman–Crippen LogP) is 1.99. The molecule has 30 heavy (non-hydrogen) atoms. The van der Waals surface area contributed by atoms with Gasteiger partial charge >= 0.3 is 0 Å². The van der Waals surface area contributed by atoms with Crippen molar-refractivity contribution in [3.8, 4) is 11.6 Å². The number of halogens is 1. The number of hydrogen-bond acceptors (Lipinski definition) is 8. The Bertz CT molecular complexity index is 1190. The minimum absolute atomic E-state index is 0.176. The van der Waals surface area contributed by atoms with E-state index in [9.17, 15) is 12.8 Å². The molecule has 1 aliphatic heterocycles. The first-order chi connectivity index (χ1) is 14.2. The van der Waals surface area contributed by atoms with Crippen LogP contribution in [0.2, 0.25) is 0 Å². The third kappa shape index (κ3) is 3.80. The highest BCUT2D eigenvalue weighted by molar-refractivity contribution is 7.92. The number of hydrogen-bond donors (Lipinski definition) is 0. The van der Waals surface area contributed by atoms with E-state index in [0.717, 1.165) is 27.9 Å². The zero-order valence-corrected chi connectivity index (χ0v) is 17.5. The summed E-state index contributed by atoms with van der Waals surface area (Å²) in [7, 11) is -2.15. The maximum Gasteiger partial charge on any atom is 0.231 e. The van der Waals surface area contributed by atoms with Crippen molar-refractivity contribution in [2.24, 2.45) is 0 Å². The summed E-state index contributed by atoms with van der Waals surface area (Å²) in [6.45, 7) is 2.49. The van der Waals surface area contributed by atoms with Crippen LogP contribution < -0.4 is 9.21 Å². The Morgan fingerprint density at radius 3 is 2.57 bits per heavy atom. The molecule has 1 unspecified atom stereocenters. The van der Waals surface area contributed by atoms with E-state index in [1.807, 2.05) is 11.8 Å². The number of aromatic nitrogens is 5. The van der Waals surface area contributed by atoms with Gasteiger partial charge in [0.2, 0.25) is 16.0 Å². The van der Waals surface area contributed by atoms with E-state index in [1.165, 1.54) is 7.05 Å². The van der Waals surface area contributed by atoms with Crippen molar-refractivity contribution in [3.63, 3.8) is 0 Å². The van der Waals surface area contributed by atoms with Gasteiger partial charge in [-0.25, -0.2) is 33.3 Å². The SMILES string of the molecule is CC1c2cnc(-c3ncccn3)nc2CCN1c1cc(N(C)S(C)(=O)=O)cc(F)n1. The Morgan fingerprint density at radius 2 is 1.87 bits per heavy atom. The molecule has 9 nitrogen and oxygen atoms in total. The van der Waals surface area contributed by atoms with Crippen molar-refractivity contribution in [2.45, 2.75) is 19.4 Å². The molecule has 0 amide bonds. The highest BCUT2D eigenvalue weighted by atomic mass is 32.2. The second kappa shape index (κ2) is 7.56. The fourth-order valence-electron chi connectivity index (χ4n) is 3.39. The lowest BCUT2D eigenvalue weighted by molar-refractivity contribution is 0.562. The van der Waals surface area contributed by atoms with E-state index in [4.69, 9.17) is 0 Å². The maximum atomic E-state index is 14.2. The van der Waals surface area contributed by atoms with Gasteiger partial charge in [-0.1, -0.05) is 0 Å². The number of sulfonamides is 1. The van der Waals surface area contributed by atoms with Crippen molar-refractivity contribution in [3.05, 3.63) is 54.0 Å². The molecule has 3 aromatic rings. The Labute approximate surface area is 173 Å². The molecule has 0 fully saturated rings. The molecule has 3 aromatic heterocycles. The second-order valence-electron chi connectivity index (χ2n) is 7.02. The quantitative estimate of drug-likeness (QED) is 0.580. The largest absolute Gasteiger partial charge is 0.349 e. The van der Waals surface area contributed by atoms with Crippen LogP contribution in [0.5, 0.6) is 0 Å². The molecule has 11 heteroatoms. The third-order valence-electron chi connectivity index (χ3n) is 5.09. The van der Waals surface area contributed by atoms with Crippen molar-refractivity contribution < 1.29 is 12.8 Å². The molecule has 0 radical (unpaired) electrons. The van der Waals surface area contributed by atoms with Gasteiger partial charge in [0.05, 0.1) is 23.7 Å². The van der Waals surface area contributed by atoms with Crippen molar-refractivity contribution in [1.82, 2.24) is 24.9 Å². The number of anilines is 2. The highest BCUT2D eigenvalue weighted by Gasteiger charge is 2.28. The number of fused-ring (bicyclic) bond motifs is 1. The summed E-state index contributed by atoms with van der Waals surface area (Å²) in [6, 6.07) is 4.22. The summed E-state index contributed by atoms with van der Waals surface area (Å²) in [4.78, 5) is 23.3. The second-order valence-corrected chi connectivity index (χ2v) is 9.04. The van der Waals surface area contributed by atoms with Crippen LogP contribution in [0.4, 0.5) is 15.9 Å². The van der Waals surface area contributed by atoms with Gasteiger partial charge in [-0.05, 0) is 13.0 Å². The van der Waals surface area contributed by atoms with Crippen LogP contribution in [-0.2, 0) is 16.4 Å². The molecule has 4 heterocycles. The van der Waals surface area contributed by atoms with E-state index < -0.39 is 16.0 Å². The Hall–Kier alpha value is -3.21. The van der Waals surface area contributed by atoms with Crippen LogP contribution in [0, 0.1) is 5.95 Å². The Kier molecular flexibility index (Phi) is 5.06. The molecule has 0 aromatic carbocycles. The summed E-state index contributed by atoms with van der Waals surface area (Å²) in [6.07, 6.45) is 6.66. The molecule has 0 N–H and O–H groups in total. The average Bonchev–Trinajstić information content (AvgIpc) is 2.72. The number of pyridine rings is 1. The van der Waals surface area contributed by atoms with Gasteiger partial charge in [0.15, 0.2) is 11.6 Å². The fraction of sp³-hybridized carbons (Fsp3) is 0.316. The van der Waals surface area contributed by atoms with Gasteiger partial charge in [0.25, 0.3) is 0 Å². The van der Waals surface area contributed by atoms with Crippen LogP contribution in [0.3, 0.4) is 0 Å². The van der Waals surface area contributed by atoms with E-state index in [0.29, 0.717) is 30.4 Å². The molecule has 0 saturated heterocycles. The van der Waals surface area contributed by atoms with E-state index in [-0.39, 0.29) is 11.7 Å². The first kappa shape index (κ1) is 20.1. The van der Waals surface area contributed by atoms with Crippen molar-refractivity contribution >= 4 is 21.5 Å². The van der Waals surface area contributed by atoms with Crippen LogP contribution >= 0.6 is 0 Å². The first-order valence-electron chi connectivity index (χ1n) is 9.25. The zero-order valence-electron chi connectivity index (χ0n) is 16.7. The van der Waals surface area contributed by atoms with Crippen LogP contribution in [0.25, 0.3) is 11.6 Å². The number of rotatable bonds is 4. The highest BCUT2D eigenvalue weighted by Crippen LogP contribution is 2.34. The predicted molar refractivity (Wildman–Crippen MR) is 110 cm³/mol. The minimum atomic E-state index is -3.52. The molecule has 1 atom stereocenters. The van der Waals surface area contributed by atoms with Gasteiger partial charge in [0, 0.05) is 56.3 Å². The topological polar surface area (TPSA) is 105 Å². The smallest absolute Gasteiger partial charge is 0.231 e. The van der Waals surface area contributed by atoms with Gasteiger partial charge in [0.1, 0.15) is 5.82 Å². The lowest BCUT2D eigenvalue weighted by atomic mass is 9.99. The summed E-state index contributed by atoms with van der Waals surface area (Å²) in [5.74, 6) is 0.518. The normalized spacial score (nSPS) is 16.3. The third-order valence-corrected chi connectivity index (χ3v) is 6.30. The molecule has 156 valence electrons. The van der Waals surface area contributed by atoms with Gasteiger partial charge in [-0.3, -0.25) is 4.31 Å². The molecular weight excluding hydrogens is 409 g/mol. The van der Waals surface area contributed by atoms with E-state index in [2.05, 4.69) is 24.9 Å². The average molecular weight is 429 g/mol. The molecule has 4 rings (SSSR count). The summed E-state index contributed by atoms with van der Waals surface area (Å²) < 4.78 is 38.9. The van der Waals surface area contributed by atoms with E-state index >= 15 is 0 Å². The van der Waals surface area contributed by atoms with Crippen molar-refractivity contribution in [1.29, 1.82) is 0 Å². The van der Waals surface area contributed by atoms with Gasteiger partial charge in [-0.2, -0.15) is 4.39 Å². The van der Waals surface area contributed by atoms with Crippen LogP contribution in [0.1, 0.15) is 24.2 Å². The number of nitrogens with zero attached hydrogens (tertiary/aromatic N) is 7. The lowest BCUT2D eigenvalue weighted by Crippen LogP contribution is -2.36. The van der Waals surface area contributed by atoms with Gasteiger partial charge < -0.3 is 4.90 Å². The van der Waals surface area contributed by atoms with Gasteiger partial charge in [-0.15, -0.1) is 0 Å². The van der Waals surface area contributed by atoms with Crippen molar-refractivity contribution in [2.75, 3.05) is 29.1 Å². The minimum Gasteiger partial charge on any atom is -0.349 e. The molecule has 0 aliphatic carbocycles. The van der Waals surface area contributed by atoms with E-state index in [1.54, 1.807) is 30.7 Å². The lowest BCUT2D eigenvalue weighted by Gasteiger charge is -2.35. The van der Waals surface area contributed by atoms with Crippen LogP contribution in [-0.4, -0.2) is 53.2 Å². The molecular formula is C19H20FN7O2S. The zero-order chi connectivity index (χ0) is 21.5. The summed E-state index contributed by atoms with van der Waals surface area (Å²) in [5, 5.41) is 0. The standard InChI is InChI=1S/C19H20FN7O2S/c1-12-14-11-23-19(18-21-6-4-7-22-18)24-15(14)5-8-27(12)17-10-13(9-16(20)25-17)26(2)30(3,28)29/h4,6-7,9-12H,5,8H2,1-3H3. The molecule has 0 bridgehead atoms. The fourth-order valence-corrected chi connectivity index (χ4v) is 3.88. The van der Waals surface area contributed by atoms with Crippen LogP contribution in [0.15, 0.2) is 36.8 Å². The first-order valence-corrected chi connectivity index (χ1v) is 11.1. The Balaban J connectivity index is 1.67. The summed E-state index contributed by atoms with van der Waals surface area (Å²) >= 11 is 0. The Morgan fingerprint density at radius 1 is 1.13 bits per heavy atom. The maximum absolute atomic E-state index is 14.2. The molecule has 0 saturated carbocycles. The summed E-state index contributed by atoms with van der Waals surface area (Å²) in [5.41, 5.74) is 1.98. The molecule has 0 spiro atoms. The monoisotopic (exact) mass is 429 g/mol.